The second-order valence-electron chi connectivity index (χ2n) is 4.34. The van der Waals surface area contributed by atoms with Crippen LogP contribution in [0.4, 0.5) is 0 Å². The Morgan fingerprint density at radius 1 is 1.57 bits per heavy atom. The van der Waals surface area contributed by atoms with Crippen molar-refractivity contribution in [3.05, 3.63) is 34.8 Å². The quantitative estimate of drug-likeness (QED) is 0.735. The second-order valence-corrected chi connectivity index (χ2v) is 6.89. The van der Waals surface area contributed by atoms with Crippen molar-refractivity contribution in [1.82, 2.24) is 14.5 Å². The van der Waals surface area contributed by atoms with Crippen molar-refractivity contribution < 1.29 is 18.3 Å². The summed E-state index contributed by atoms with van der Waals surface area (Å²) in [6.07, 6.45) is 2.28. The van der Waals surface area contributed by atoms with Gasteiger partial charge in [0.25, 0.3) is 0 Å². The number of thiophene rings is 1. The molecule has 0 aliphatic heterocycles. The number of ether oxygens (including phenoxy) is 1. The average molecular weight is 331 g/mol. The van der Waals surface area contributed by atoms with Crippen LogP contribution in [-0.4, -0.2) is 43.1 Å². The molecule has 0 amide bonds. The van der Waals surface area contributed by atoms with Crippen molar-refractivity contribution in [2.45, 2.75) is 11.0 Å². The molecular weight excluding hydrogens is 314 g/mol. The summed E-state index contributed by atoms with van der Waals surface area (Å²) in [6.45, 7) is 0.124. The summed E-state index contributed by atoms with van der Waals surface area (Å²) in [5, 5.41) is 16.5. The lowest BCUT2D eigenvalue weighted by Gasteiger charge is -2.17. The molecule has 2 rings (SSSR count). The molecule has 1 atom stereocenters. The standard InChI is InChI=1S/C12H17N3O4S2/c1-15-8-11(6-13-15)21(17,18)14-7-12(19-4-3-16)10-2-5-20-9-10/h2,5-6,8-9,12,14,16H,3-4,7H2,1H3/t12-/m0/s1. The highest BCUT2D eigenvalue weighted by molar-refractivity contribution is 7.89. The van der Waals surface area contributed by atoms with E-state index in [1.807, 2.05) is 16.8 Å². The minimum atomic E-state index is -3.62. The van der Waals surface area contributed by atoms with Gasteiger partial charge in [0, 0.05) is 19.8 Å². The van der Waals surface area contributed by atoms with E-state index < -0.39 is 16.1 Å². The van der Waals surface area contributed by atoms with Gasteiger partial charge in [-0.15, -0.1) is 0 Å². The van der Waals surface area contributed by atoms with Crippen LogP contribution in [0.3, 0.4) is 0 Å². The van der Waals surface area contributed by atoms with Crippen molar-refractivity contribution in [1.29, 1.82) is 0 Å². The van der Waals surface area contributed by atoms with Crippen LogP contribution in [0.1, 0.15) is 11.7 Å². The molecule has 0 saturated heterocycles. The minimum Gasteiger partial charge on any atom is -0.394 e. The fraction of sp³-hybridized carbons (Fsp3) is 0.417. The molecule has 2 heterocycles. The highest BCUT2D eigenvalue weighted by Gasteiger charge is 2.20. The first-order valence-electron chi connectivity index (χ1n) is 6.26. The average Bonchev–Trinajstić information content (AvgIpc) is 3.10. The summed E-state index contributed by atoms with van der Waals surface area (Å²) in [4.78, 5) is 0.108. The van der Waals surface area contributed by atoms with E-state index in [-0.39, 0.29) is 24.7 Å². The Labute approximate surface area is 127 Å². The smallest absolute Gasteiger partial charge is 0.243 e. The monoisotopic (exact) mass is 331 g/mol. The molecule has 0 fully saturated rings. The molecule has 0 aliphatic rings. The number of aryl methyl sites for hydroxylation is 1. The van der Waals surface area contributed by atoms with Crippen molar-refractivity contribution in [3.8, 4) is 0 Å². The molecule has 21 heavy (non-hydrogen) atoms. The van der Waals surface area contributed by atoms with Gasteiger partial charge < -0.3 is 9.84 Å². The largest absolute Gasteiger partial charge is 0.394 e. The predicted molar refractivity (Wildman–Crippen MR) is 78.5 cm³/mol. The number of sulfonamides is 1. The molecule has 0 radical (unpaired) electrons. The first-order chi connectivity index (χ1) is 10.0. The van der Waals surface area contributed by atoms with Crippen LogP contribution in [0.2, 0.25) is 0 Å². The van der Waals surface area contributed by atoms with Crippen LogP contribution in [0.15, 0.2) is 34.1 Å². The first-order valence-corrected chi connectivity index (χ1v) is 8.68. The van der Waals surface area contributed by atoms with Gasteiger partial charge in [-0.1, -0.05) is 0 Å². The summed E-state index contributed by atoms with van der Waals surface area (Å²) in [7, 11) is -1.97. The summed E-state index contributed by atoms with van der Waals surface area (Å²) >= 11 is 1.50. The van der Waals surface area contributed by atoms with E-state index in [1.165, 1.54) is 28.4 Å². The molecule has 0 saturated carbocycles. The molecule has 2 aromatic rings. The lowest BCUT2D eigenvalue weighted by atomic mass is 10.2. The lowest BCUT2D eigenvalue weighted by molar-refractivity contribution is 0.0311. The normalized spacial score (nSPS) is 13.4. The van der Waals surface area contributed by atoms with Gasteiger partial charge in [-0.25, -0.2) is 13.1 Å². The number of aromatic nitrogens is 2. The maximum atomic E-state index is 12.1. The van der Waals surface area contributed by atoms with Crippen LogP contribution in [0.5, 0.6) is 0 Å². The van der Waals surface area contributed by atoms with E-state index in [0.717, 1.165) is 5.56 Å². The second kappa shape index (κ2) is 7.14. The number of aliphatic hydroxyl groups is 1. The van der Waals surface area contributed by atoms with Gasteiger partial charge in [-0.05, 0) is 22.4 Å². The van der Waals surface area contributed by atoms with Crippen LogP contribution >= 0.6 is 11.3 Å². The maximum Gasteiger partial charge on any atom is 0.243 e. The third kappa shape index (κ3) is 4.35. The molecule has 2 aromatic heterocycles. The Balaban J connectivity index is 2.04. The Bertz CT molecular complexity index is 652. The van der Waals surface area contributed by atoms with Crippen LogP contribution in [-0.2, 0) is 21.8 Å². The van der Waals surface area contributed by atoms with Crippen LogP contribution in [0, 0.1) is 0 Å². The van der Waals surface area contributed by atoms with E-state index in [4.69, 9.17) is 9.84 Å². The molecule has 9 heteroatoms. The molecule has 0 spiro atoms. The van der Waals surface area contributed by atoms with E-state index in [1.54, 1.807) is 7.05 Å². The molecule has 2 N–H and O–H groups in total. The summed E-state index contributed by atoms with van der Waals surface area (Å²) in [5.74, 6) is 0. The highest BCUT2D eigenvalue weighted by Crippen LogP contribution is 2.20. The number of nitrogens with one attached hydrogen (secondary N) is 1. The van der Waals surface area contributed by atoms with Crippen molar-refractivity contribution in [2.75, 3.05) is 19.8 Å². The molecule has 7 nitrogen and oxygen atoms in total. The zero-order chi connectivity index (χ0) is 15.3. The van der Waals surface area contributed by atoms with E-state index in [2.05, 4.69) is 9.82 Å². The van der Waals surface area contributed by atoms with E-state index >= 15 is 0 Å². The van der Waals surface area contributed by atoms with Crippen molar-refractivity contribution >= 4 is 21.4 Å². The van der Waals surface area contributed by atoms with Crippen molar-refractivity contribution in [2.24, 2.45) is 7.05 Å². The topological polar surface area (TPSA) is 93.5 Å². The Kier molecular flexibility index (Phi) is 5.48. The third-order valence-corrected chi connectivity index (χ3v) is 4.86. The van der Waals surface area contributed by atoms with Gasteiger partial charge in [0.1, 0.15) is 4.90 Å². The van der Waals surface area contributed by atoms with Gasteiger partial charge in [0.2, 0.25) is 10.0 Å². The predicted octanol–water partition coefficient (Wildman–Crippen LogP) is 0.510. The van der Waals surface area contributed by atoms with Gasteiger partial charge >= 0.3 is 0 Å². The number of hydrogen-bond donors (Lipinski definition) is 2. The van der Waals surface area contributed by atoms with E-state index in [9.17, 15) is 8.42 Å². The SMILES string of the molecule is Cn1cc(S(=O)(=O)NC[C@H](OCCO)c2ccsc2)cn1. The Morgan fingerprint density at radius 2 is 2.38 bits per heavy atom. The Morgan fingerprint density at radius 3 is 2.95 bits per heavy atom. The van der Waals surface area contributed by atoms with Gasteiger partial charge in [0.15, 0.2) is 0 Å². The van der Waals surface area contributed by atoms with Crippen molar-refractivity contribution in [3.63, 3.8) is 0 Å². The number of aliphatic hydroxyl groups excluding tert-OH is 1. The maximum absolute atomic E-state index is 12.1. The molecule has 0 aliphatic carbocycles. The molecule has 116 valence electrons. The van der Waals surface area contributed by atoms with Gasteiger partial charge in [0.05, 0.1) is 25.5 Å². The summed E-state index contributed by atoms with van der Waals surface area (Å²) < 4.78 is 33.7. The zero-order valence-electron chi connectivity index (χ0n) is 11.5. The fourth-order valence-corrected chi connectivity index (χ4v) is 3.45. The van der Waals surface area contributed by atoms with Crippen LogP contribution < -0.4 is 4.72 Å². The first kappa shape index (κ1) is 16.1. The van der Waals surface area contributed by atoms with E-state index in [0.29, 0.717) is 0 Å². The molecule has 0 aromatic carbocycles. The molecule has 0 unspecified atom stereocenters. The fourth-order valence-electron chi connectivity index (χ4n) is 1.73. The molecule has 0 bridgehead atoms. The lowest BCUT2D eigenvalue weighted by Crippen LogP contribution is -2.29. The van der Waals surface area contributed by atoms with Gasteiger partial charge in [-0.3, -0.25) is 4.68 Å². The number of rotatable bonds is 8. The Hall–Kier alpha value is -1.26. The summed E-state index contributed by atoms with van der Waals surface area (Å²) in [5.41, 5.74) is 0.877. The number of hydrogen-bond acceptors (Lipinski definition) is 6. The number of nitrogens with zero attached hydrogens (tertiary/aromatic N) is 2. The van der Waals surface area contributed by atoms with Crippen LogP contribution in [0.25, 0.3) is 0 Å². The van der Waals surface area contributed by atoms with Gasteiger partial charge in [-0.2, -0.15) is 16.4 Å². The third-order valence-electron chi connectivity index (χ3n) is 2.78. The minimum absolute atomic E-state index is 0.0912. The summed E-state index contributed by atoms with van der Waals surface area (Å²) in [6, 6.07) is 1.87. The highest BCUT2D eigenvalue weighted by atomic mass is 32.2. The molecular formula is C12H17N3O4S2. The zero-order valence-corrected chi connectivity index (χ0v) is 13.1.